The maximum absolute atomic E-state index is 3.85. The van der Waals surface area contributed by atoms with Crippen molar-refractivity contribution in [1.82, 2.24) is 16.0 Å². The smallest absolute Gasteiger partial charge is 0.0264 e. The minimum Gasteiger partial charge on any atom is -0.389 e. The van der Waals surface area contributed by atoms with E-state index in [1.165, 1.54) is 11.1 Å². The highest BCUT2D eigenvalue weighted by Gasteiger charge is 1.92. The molecule has 0 bridgehead atoms. The van der Waals surface area contributed by atoms with Gasteiger partial charge in [-0.15, -0.1) is 0 Å². The van der Waals surface area contributed by atoms with E-state index in [1.54, 1.807) is 0 Å². The van der Waals surface area contributed by atoms with Crippen LogP contribution in [0, 0.1) is 0 Å². The summed E-state index contributed by atoms with van der Waals surface area (Å²) >= 11 is 0. The molecule has 0 atom stereocenters. The van der Waals surface area contributed by atoms with E-state index < -0.39 is 0 Å². The molecule has 0 aromatic heterocycles. The lowest BCUT2D eigenvalue weighted by Crippen LogP contribution is -2.24. The zero-order valence-corrected chi connectivity index (χ0v) is 11.3. The fraction of sp³-hybridized carbons (Fsp3) is 0.333. The molecule has 0 aliphatic rings. The Morgan fingerprint density at radius 1 is 1.17 bits per heavy atom. The van der Waals surface area contributed by atoms with E-state index >= 15 is 0 Å². The van der Waals surface area contributed by atoms with E-state index in [4.69, 9.17) is 0 Å². The van der Waals surface area contributed by atoms with Gasteiger partial charge in [-0.3, -0.25) is 0 Å². The van der Waals surface area contributed by atoms with Crippen LogP contribution in [0.1, 0.15) is 11.1 Å². The minimum absolute atomic E-state index is 0.910. The Morgan fingerprint density at radius 2 is 1.89 bits per heavy atom. The average Bonchev–Trinajstić information content (AvgIpc) is 2.42. The van der Waals surface area contributed by atoms with Crippen LogP contribution in [-0.4, -0.2) is 27.2 Å². The van der Waals surface area contributed by atoms with Gasteiger partial charge in [0, 0.05) is 32.4 Å². The first-order valence-electron chi connectivity index (χ1n) is 6.25. The number of nitrogens with one attached hydrogen (secondary N) is 3. The van der Waals surface area contributed by atoms with E-state index in [2.05, 4.69) is 52.9 Å². The molecule has 3 heteroatoms. The standard InChI is InChI=1S/C15H23N3/c1-13(17-3)4-5-14-6-8-15(9-7-14)12-18-11-10-16-2/h4-9,16-18H,1,10-12H2,2-3H3/b5-4+. The zero-order chi connectivity index (χ0) is 13.2. The van der Waals surface area contributed by atoms with Gasteiger partial charge in [-0.05, 0) is 24.3 Å². The predicted octanol–water partition coefficient (Wildman–Crippen LogP) is 1.74. The second kappa shape index (κ2) is 8.50. The third-order valence-corrected chi connectivity index (χ3v) is 2.66. The summed E-state index contributed by atoms with van der Waals surface area (Å²) in [6.07, 6.45) is 4.03. The summed E-state index contributed by atoms with van der Waals surface area (Å²) < 4.78 is 0. The normalized spacial score (nSPS) is 10.8. The van der Waals surface area contributed by atoms with Gasteiger partial charge in [0.1, 0.15) is 0 Å². The van der Waals surface area contributed by atoms with Crippen molar-refractivity contribution in [3.05, 3.63) is 53.7 Å². The molecule has 3 N–H and O–H groups in total. The summed E-state index contributed by atoms with van der Waals surface area (Å²) in [6.45, 7) is 6.74. The maximum atomic E-state index is 3.85. The van der Waals surface area contributed by atoms with Gasteiger partial charge >= 0.3 is 0 Å². The summed E-state index contributed by atoms with van der Waals surface area (Å²) in [5.41, 5.74) is 3.40. The highest BCUT2D eigenvalue weighted by Crippen LogP contribution is 2.06. The Kier molecular flexibility index (Phi) is 6.84. The summed E-state index contributed by atoms with van der Waals surface area (Å²) in [7, 11) is 3.83. The second-order valence-corrected chi connectivity index (χ2v) is 4.13. The first-order chi connectivity index (χ1) is 8.76. The Labute approximate surface area is 110 Å². The van der Waals surface area contributed by atoms with Crippen LogP contribution in [0.5, 0.6) is 0 Å². The topological polar surface area (TPSA) is 36.1 Å². The molecule has 0 aliphatic heterocycles. The van der Waals surface area contributed by atoms with Crippen LogP contribution < -0.4 is 16.0 Å². The number of rotatable bonds is 8. The van der Waals surface area contributed by atoms with Crippen molar-refractivity contribution in [2.75, 3.05) is 27.2 Å². The molecule has 0 spiro atoms. The van der Waals surface area contributed by atoms with Crippen LogP contribution >= 0.6 is 0 Å². The van der Waals surface area contributed by atoms with Crippen LogP contribution in [0.25, 0.3) is 6.08 Å². The Bertz CT molecular complexity index is 379. The number of likely N-dealkylation sites (N-methyl/N-ethyl adjacent to an activating group) is 2. The highest BCUT2D eigenvalue weighted by atomic mass is 14.9. The molecular weight excluding hydrogens is 222 g/mol. The lowest BCUT2D eigenvalue weighted by Gasteiger charge is -2.04. The first kappa shape index (κ1) is 14.5. The fourth-order valence-electron chi connectivity index (χ4n) is 1.47. The third kappa shape index (κ3) is 5.66. The van der Waals surface area contributed by atoms with Crippen molar-refractivity contribution >= 4 is 6.08 Å². The molecule has 0 saturated heterocycles. The molecule has 0 unspecified atom stereocenters. The van der Waals surface area contributed by atoms with E-state index in [1.807, 2.05) is 20.2 Å². The van der Waals surface area contributed by atoms with Crippen molar-refractivity contribution in [2.45, 2.75) is 6.54 Å². The largest absolute Gasteiger partial charge is 0.389 e. The van der Waals surface area contributed by atoms with E-state index in [9.17, 15) is 0 Å². The van der Waals surface area contributed by atoms with E-state index in [0.29, 0.717) is 0 Å². The Balaban J connectivity index is 2.42. The molecule has 0 fully saturated rings. The summed E-state index contributed by atoms with van der Waals surface area (Å²) in [6, 6.07) is 8.53. The molecule has 1 aromatic rings. The summed E-state index contributed by atoms with van der Waals surface area (Å²) in [4.78, 5) is 0. The monoisotopic (exact) mass is 245 g/mol. The molecule has 18 heavy (non-hydrogen) atoms. The molecule has 1 rings (SSSR count). The lowest BCUT2D eigenvalue weighted by atomic mass is 10.1. The van der Waals surface area contributed by atoms with Crippen LogP contribution in [-0.2, 0) is 6.54 Å². The Hall–Kier alpha value is -1.58. The molecule has 0 amide bonds. The van der Waals surface area contributed by atoms with Crippen molar-refractivity contribution < 1.29 is 0 Å². The molecular formula is C15H23N3. The van der Waals surface area contributed by atoms with Crippen LogP contribution in [0.4, 0.5) is 0 Å². The summed E-state index contributed by atoms with van der Waals surface area (Å²) in [5, 5.41) is 9.48. The zero-order valence-electron chi connectivity index (χ0n) is 11.3. The number of benzene rings is 1. The van der Waals surface area contributed by atoms with Crippen molar-refractivity contribution in [2.24, 2.45) is 0 Å². The second-order valence-electron chi connectivity index (χ2n) is 4.13. The van der Waals surface area contributed by atoms with Gasteiger partial charge in [0.25, 0.3) is 0 Å². The highest BCUT2D eigenvalue weighted by molar-refractivity contribution is 5.52. The van der Waals surface area contributed by atoms with Crippen LogP contribution in [0.2, 0.25) is 0 Å². The van der Waals surface area contributed by atoms with Crippen molar-refractivity contribution in [3.8, 4) is 0 Å². The van der Waals surface area contributed by atoms with Gasteiger partial charge in [0.05, 0.1) is 0 Å². The van der Waals surface area contributed by atoms with Crippen molar-refractivity contribution in [1.29, 1.82) is 0 Å². The predicted molar refractivity (Wildman–Crippen MR) is 79.3 cm³/mol. The molecule has 0 saturated carbocycles. The van der Waals surface area contributed by atoms with Gasteiger partial charge in [0.15, 0.2) is 0 Å². The minimum atomic E-state index is 0.910. The van der Waals surface area contributed by atoms with E-state index in [-0.39, 0.29) is 0 Å². The Morgan fingerprint density at radius 3 is 2.50 bits per heavy atom. The van der Waals surface area contributed by atoms with Crippen molar-refractivity contribution in [3.63, 3.8) is 0 Å². The van der Waals surface area contributed by atoms with Gasteiger partial charge in [0.2, 0.25) is 0 Å². The van der Waals surface area contributed by atoms with Gasteiger partial charge < -0.3 is 16.0 Å². The maximum Gasteiger partial charge on any atom is 0.0264 e. The summed E-state index contributed by atoms with van der Waals surface area (Å²) in [5.74, 6) is 0. The number of allylic oxidation sites excluding steroid dienone is 1. The molecule has 1 aromatic carbocycles. The molecule has 0 aliphatic carbocycles. The SMILES string of the molecule is C=C(/C=C/c1ccc(CNCCNC)cc1)NC. The molecule has 0 radical (unpaired) electrons. The fourth-order valence-corrected chi connectivity index (χ4v) is 1.47. The number of hydrogen-bond acceptors (Lipinski definition) is 3. The van der Waals surface area contributed by atoms with E-state index in [0.717, 1.165) is 25.3 Å². The quantitative estimate of drug-likeness (QED) is 0.482. The number of hydrogen-bond donors (Lipinski definition) is 3. The lowest BCUT2D eigenvalue weighted by molar-refractivity contribution is 0.651. The van der Waals surface area contributed by atoms with Crippen LogP contribution in [0.15, 0.2) is 42.6 Å². The molecule has 98 valence electrons. The van der Waals surface area contributed by atoms with Gasteiger partial charge in [-0.2, -0.15) is 0 Å². The van der Waals surface area contributed by atoms with Gasteiger partial charge in [-0.25, -0.2) is 0 Å². The molecule has 0 heterocycles. The first-order valence-corrected chi connectivity index (χ1v) is 6.25. The average molecular weight is 245 g/mol. The molecule has 3 nitrogen and oxygen atoms in total. The third-order valence-electron chi connectivity index (χ3n) is 2.66. The van der Waals surface area contributed by atoms with Gasteiger partial charge in [-0.1, -0.05) is 36.9 Å². The van der Waals surface area contributed by atoms with Crippen LogP contribution in [0.3, 0.4) is 0 Å².